The number of hydrogen-bond acceptors (Lipinski definition) is 5. The Bertz CT molecular complexity index is 1110. The van der Waals surface area contributed by atoms with Gasteiger partial charge in [-0.1, -0.05) is 13.0 Å². The fraction of sp³-hybridized carbons (Fsp3) is 0.435. The van der Waals surface area contributed by atoms with Crippen molar-refractivity contribution in [2.24, 2.45) is 0 Å². The van der Waals surface area contributed by atoms with Crippen molar-refractivity contribution in [3.05, 3.63) is 53.5 Å². The SMILES string of the molecule is CC[C@H](Oc1cccc(OC)c1)C(=O)N1[C@H]2CC[C@@H]1c1cnc3cc(C)nn3c1C2. The lowest BCUT2D eigenvalue weighted by atomic mass is 9.98. The zero-order valence-corrected chi connectivity index (χ0v) is 17.5. The Hall–Kier alpha value is -3.09. The third-order valence-corrected chi connectivity index (χ3v) is 6.25. The van der Waals surface area contributed by atoms with E-state index < -0.39 is 6.10 Å². The highest BCUT2D eigenvalue weighted by Gasteiger charge is 2.45. The van der Waals surface area contributed by atoms with Crippen LogP contribution < -0.4 is 9.47 Å². The van der Waals surface area contributed by atoms with Crippen LogP contribution >= 0.6 is 0 Å². The lowest BCUT2D eigenvalue weighted by Gasteiger charge is -2.38. The van der Waals surface area contributed by atoms with Gasteiger partial charge >= 0.3 is 0 Å². The van der Waals surface area contributed by atoms with Crippen molar-refractivity contribution in [1.82, 2.24) is 19.5 Å². The largest absolute Gasteiger partial charge is 0.497 e. The number of methoxy groups -OCH3 is 1. The van der Waals surface area contributed by atoms with Gasteiger partial charge in [0, 0.05) is 36.4 Å². The molecule has 30 heavy (non-hydrogen) atoms. The lowest BCUT2D eigenvalue weighted by molar-refractivity contribution is -0.142. The standard InChI is InChI=1S/C23H26N4O3/c1-4-21(30-17-7-5-6-16(12-17)29-3)23(28)26-15-8-9-19(26)18-13-24-22-10-14(2)25-27(22)20(18)11-15/h5-7,10,12-13,15,19,21H,4,8-9,11H2,1-3H3/t15-,19+,21-/m0/s1. The van der Waals surface area contributed by atoms with Gasteiger partial charge in [-0.3, -0.25) is 4.79 Å². The van der Waals surface area contributed by atoms with E-state index in [0.29, 0.717) is 17.9 Å². The van der Waals surface area contributed by atoms with E-state index in [9.17, 15) is 4.79 Å². The van der Waals surface area contributed by atoms with Crippen LogP contribution in [-0.4, -0.2) is 44.7 Å². The summed E-state index contributed by atoms with van der Waals surface area (Å²) in [4.78, 5) is 20.2. The Kier molecular flexibility index (Phi) is 4.60. The van der Waals surface area contributed by atoms with Crippen LogP contribution in [0.4, 0.5) is 0 Å². The first-order valence-electron chi connectivity index (χ1n) is 10.6. The molecule has 1 fully saturated rings. The predicted octanol–water partition coefficient (Wildman–Crippen LogP) is 3.49. The molecule has 5 rings (SSSR count). The minimum atomic E-state index is -0.523. The van der Waals surface area contributed by atoms with Crippen molar-refractivity contribution in [2.75, 3.05) is 7.11 Å². The van der Waals surface area contributed by atoms with E-state index in [1.54, 1.807) is 7.11 Å². The van der Waals surface area contributed by atoms with E-state index in [1.807, 2.05) is 59.8 Å². The smallest absolute Gasteiger partial charge is 0.264 e. The number of carbonyl (C=O) groups excluding carboxylic acids is 1. The normalized spacial score (nSPS) is 20.8. The summed E-state index contributed by atoms with van der Waals surface area (Å²) in [7, 11) is 1.62. The van der Waals surface area contributed by atoms with E-state index in [2.05, 4.69) is 10.1 Å². The molecule has 2 aliphatic heterocycles. The van der Waals surface area contributed by atoms with Crippen LogP contribution in [0.3, 0.4) is 0 Å². The molecule has 0 saturated carbocycles. The highest BCUT2D eigenvalue weighted by Crippen LogP contribution is 2.44. The van der Waals surface area contributed by atoms with Gasteiger partial charge in [-0.15, -0.1) is 0 Å². The average Bonchev–Trinajstić information content (AvgIpc) is 3.30. The first kappa shape index (κ1) is 18.9. The van der Waals surface area contributed by atoms with Gasteiger partial charge < -0.3 is 14.4 Å². The van der Waals surface area contributed by atoms with Gasteiger partial charge in [-0.2, -0.15) is 5.10 Å². The minimum Gasteiger partial charge on any atom is -0.497 e. The van der Waals surface area contributed by atoms with Gasteiger partial charge in [0.1, 0.15) is 11.5 Å². The van der Waals surface area contributed by atoms with Crippen LogP contribution in [0.2, 0.25) is 0 Å². The summed E-state index contributed by atoms with van der Waals surface area (Å²) in [5.41, 5.74) is 4.13. The van der Waals surface area contributed by atoms with Crippen LogP contribution in [0.25, 0.3) is 5.65 Å². The number of aryl methyl sites for hydroxylation is 1. The van der Waals surface area contributed by atoms with Crippen molar-refractivity contribution in [3.63, 3.8) is 0 Å². The molecule has 0 unspecified atom stereocenters. The van der Waals surface area contributed by atoms with Crippen molar-refractivity contribution < 1.29 is 14.3 Å². The lowest BCUT2D eigenvalue weighted by Crippen LogP contribution is -2.48. The van der Waals surface area contributed by atoms with Crippen LogP contribution in [0, 0.1) is 6.92 Å². The number of amides is 1. The Morgan fingerprint density at radius 1 is 1.27 bits per heavy atom. The molecule has 1 aromatic carbocycles. The molecule has 156 valence electrons. The Labute approximate surface area is 175 Å². The second kappa shape index (κ2) is 7.31. The van der Waals surface area contributed by atoms with Gasteiger partial charge in [0.05, 0.1) is 24.5 Å². The molecule has 7 nitrogen and oxygen atoms in total. The van der Waals surface area contributed by atoms with Gasteiger partial charge in [0.25, 0.3) is 5.91 Å². The van der Waals surface area contributed by atoms with Gasteiger partial charge in [0.2, 0.25) is 0 Å². The van der Waals surface area contributed by atoms with Crippen LogP contribution in [0.1, 0.15) is 49.2 Å². The third kappa shape index (κ3) is 3.00. The molecule has 0 aliphatic carbocycles. The van der Waals surface area contributed by atoms with Crippen LogP contribution in [0.5, 0.6) is 11.5 Å². The Morgan fingerprint density at radius 3 is 2.90 bits per heavy atom. The number of ether oxygens (including phenoxy) is 2. The Balaban J connectivity index is 1.44. The predicted molar refractivity (Wildman–Crippen MR) is 112 cm³/mol. The van der Waals surface area contributed by atoms with Gasteiger partial charge in [-0.25, -0.2) is 9.50 Å². The van der Waals surface area contributed by atoms with E-state index in [1.165, 1.54) is 5.69 Å². The molecule has 7 heteroatoms. The number of hydrogen-bond donors (Lipinski definition) is 0. The summed E-state index contributed by atoms with van der Waals surface area (Å²) >= 11 is 0. The number of benzene rings is 1. The quantitative estimate of drug-likeness (QED) is 0.649. The molecule has 0 radical (unpaired) electrons. The van der Waals surface area contributed by atoms with Gasteiger partial charge in [0.15, 0.2) is 11.8 Å². The average molecular weight is 406 g/mol. The summed E-state index contributed by atoms with van der Waals surface area (Å²) in [5.74, 6) is 1.41. The molecule has 0 spiro atoms. The first-order chi connectivity index (χ1) is 14.6. The molecule has 4 heterocycles. The molecular weight excluding hydrogens is 380 g/mol. The van der Waals surface area contributed by atoms with Crippen LogP contribution in [0.15, 0.2) is 36.5 Å². The fourth-order valence-corrected chi connectivity index (χ4v) is 4.85. The number of fused-ring (bicyclic) bond motifs is 6. The van der Waals surface area contributed by atoms with Crippen molar-refractivity contribution >= 4 is 11.6 Å². The number of nitrogens with zero attached hydrogens (tertiary/aromatic N) is 4. The summed E-state index contributed by atoms with van der Waals surface area (Å²) in [5, 5.41) is 4.63. The molecule has 1 amide bonds. The van der Waals surface area contributed by atoms with Gasteiger partial charge in [-0.05, 0) is 38.3 Å². The number of carbonyl (C=O) groups is 1. The maximum Gasteiger partial charge on any atom is 0.264 e. The molecule has 2 bridgehead atoms. The first-order valence-corrected chi connectivity index (χ1v) is 10.6. The number of rotatable bonds is 5. The molecule has 2 aromatic heterocycles. The topological polar surface area (TPSA) is 69.0 Å². The maximum atomic E-state index is 13.6. The molecule has 1 saturated heterocycles. The maximum absolute atomic E-state index is 13.6. The zero-order chi connectivity index (χ0) is 20.8. The summed E-state index contributed by atoms with van der Waals surface area (Å²) < 4.78 is 13.3. The molecule has 3 aromatic rings. The van der Waals surface area contributed by atoms with Crippen LogP contribution in [-0.2, 0) is 11.2 Å². The summed E-state index contributed by atoms with van der Waals surface area (Å²) in [6.45, 7) is 3.97. The van der Waals surface area contributed by atoms with E-state index >= 15 is 0 Å². The van der Waals surface area contributed by atoms with Crippen molar-refractivity contribution in [2.45, 2.75) is 57.7 Å². The van der Waals surface area contributed by atoms with E-state index in [4.69, 9.17) is 9.47 Å². The molecular formula is C23H26N4O3. The highest BCUT2D eigenvalue weighted by atomic mass is 16.5. The zero-order valence-electron chi connectivity index (χ0n) is 17.5. The van der Waals surface area contributed by atoms with Crippen molar-refractivity contribution in [3.8, 4) is 11.5 Å². The number of aromatic nitrogens is 3. The molecule has 2 aliphatic rings. The summed E-state index contributed by atoms with van der Waals surface area (Å²) in [6, 6.07) is 9.62. The fourth-order valence-electron chi connectivity index (χ4n) is 4.85. The molecule has 0 N–H and O–H groups in total. The summed E-state index contributed by atoms with van der Waals surface area (Å²) in [6.07, 6.45) is 4.75. The second-order valence-corrected chi connectivity index (χ2v) is 8.11. The molecule has 3 atom stereocenters. The minimum absolute atomic E-state index is 0.0376. The van der Waals surface area contributed by atoms with E-state index in [0.717, 1.165) is 36.2 Å². The monoisotopic (exact) mass is 406 g/mol. The Morgan fingerprint density at radius 2 is 2.10 bits per heavy atom. The van der Waals surface area contributed by atoms with Crippen molar-refractivity contribution in [1.29, 1.82) is 0 Å². The van der Waals surface area contributed by atoms with E-state index in [-0.39, 0.29) is 18.0 Å². The highest BCUT2D eigenvalue weighted by molar-refractivity contribution is 5.83. The second-order valence-electron chi connectivity index (χ2n) is 8.11. The third-order valence-electron chi connectivity index (χ3n) is 6.25.